The molecule has 2 nitrogen and oxygen atoms in total. The summed E-state index contributed by atoms with van der Waals surface area (Å²) in [4.78, 5) is 14.3. The Bertz CT molecular complexity index is 258. The van der Waals surface area contributed by atoms with Crippen molar-refractivity contribution in [3.05, 3.63) is 29.6 Å². The van der Waals surface area contributed by atoms with Crippen molar-refractivity contribution in [3.63, 3.8) is 0 Å². The monoisotopic (exact) mass is 163 g/mol. The van der Waals surface area contributed by atoms with E-state index in [1.807, 2.05) is 19.1 Å². The highest BCUT2D eigenvalue weighted by Gasteiger charge is 1.96. The lowest BCUT2D eigenvalue weighted by atomic mass is 10.1. The van der Waals surface area contributed by atoms with Crippen LogP contribution in [0, 0.1) is 6.92 Å². The third-order valence-corrected chi connectivity index (χ3v) is 1.85. The van der Waals surface area contributed by atoms with E-state index in [1.165, 1.54) is 5.56 Å². The maximum absolute atomic E-state index is 10.1. The highest BCUT2D eigenvalue weighted by molar-refractivity contribution is 5.49. The SMILES string of the molecule is Cc1cccnc1CCCC=O. The molecule has 0 atom stereocenters. The molecule has 0 bridgehead atoms. The Morgan fingerprint density at radius 3 is 3.08 bits per heavy atom. The van der Waals surface area contributed by atoms with E-state index in [9.17, 15) is 4.79 Å². The van der Waals surface area contributed by atoms with Crippen LogP contribution in [-0.2, 0) is 11.2 Å². The Balaban J connectivity index is 2.51. The molecule has 0 saturated carbocycles. The number of aromatic nitrogens is 1. The molecule has 1 aromatic rings. The number of aldehydes is 1. The highest BCUT2D eigenvalue weighted by Crippen LogP contribution is 2.06. The van der Waals surface area contributed by atoms with Crippen molar-refractivity contribution in [3.8, 4) is 0 Å². The summed E-state index contributed by atoms with van der Waals surface area (Å²) >= 11 is 0. The summed E-state index contributed by atoms with van der Waals surface area (Å²) in [5.74, 6) is 0. The van der Waals surface area contributed by atoms with E-state index in [1.54, 1.807) is 6.20 Å². The molecule has 0 amide bonds. The van der Waals surface area contributed by atoms with Crippen LogP contribution in [0.15, 0.2) is 18.3 Å². The molecule has 0 aliphatic rings. The molecule has 64 valence electrons. The fourth-order valence-corrected chi connectivity index (χ4v) is 1.13. The van der Waals surface area contributed by atoms with Gasteiger partial charge in [-0.25, -0.2) is 0 Å². The number of carbonyl (C=O) groups is 1. The van der Waals surface area contributed by atoms with Crippen molar-refractivity contribution < 1.29 is 4.79 Å². The van der Waals surface area contributed by atoms with Crippen molar-refractivity contribution in [2.24, 2.45) is 0 Å². The summed E-state index contributed by atoms with van der Waals surface area (Å²) < 4.78 is 0. The molecular weight excluding hydrogens is 150 g/mol. The van der Waals surface area contributed by atoms with Crippen LogP contribution >= 0.6 is 0 Å². The molecule has 0 spiro atoms. The van der Waals surface area contributed by atoms with Crippen molar-refractivity contribution in [2.75, 3.05) is 0 Å². The second kappa shape index (κ2) is 4.65. The largest absolute Gasteiger partial charge is 0.303 e. The average Bonchev–Trinajstić information content (AvgIpc) is 2.09. The topological polar surface area (TPSA) is 30.0 Å². The van der Waals surface area contributed by atoms with Gasteiger partial charge in [0.15, 0.2) is 0 Å². The lowest BCUT2D eigenvalue weighted by molar-refractivity contribution is -0.107. The average molecular weight is 163 g/mol. The van der Waals surface area contributed by atoms with Crippen LogP contribution in [0.2, 0.25) is 0 Å². The first-order chi connectivity index (χ1) is 5.84. The van der Waals surface area contributed by atoms with Gasteiger partial charge in [0.2, 0.25) is 0 Å². The predicted octanol–water partition coefficient (Wildman–Crippen LogP) is 1.91. The number of hydrogen-bond donors (Lipinski definition) is 0. The number of nitrogens with zero attached hydrogens (tertiary/aromatic N) is 1. The number of aryl methyl sites for hydroxylation is 2. The van der Waals surface area contributed by atoms with E-state index < -0.39 is 0 Å². The van der Waals surface area contributed by atoms with Crippen LogP contribution < -0.4 is 0 Å². The maximum Gasteiger partial charge on any atom is 0.120 e. The molecule has 1 rings (SSSR count). The summed E-state index contributed by atoms with van der Waals surface area (Å²) in [6.45, 7) is 2.04. The van der Waals surface area contributed by atoms with Crippen LogP contribution in [0.1, 0.15) is 24.1 Å². The highest BCUT2D eigenvalue weighted by atomic mass is 16.1. The van der Waals surface area contributed by atoms with Gasteiger partial charge in [-0.1, -0.05) is 6.07 Å². The van der Waals surface area contributed by atoms with Gasteiger partial charge in [-0.3, -0.25) is 4.98 Å². The molecule has 0 radical (unpaired) electrons. The van der Waals surface area contributed by atoms with Crippen LogP contribution in [0.5, 0.6) is 0 Å². The van der Waals surface area contributed by atoms with E-state index in [0.717, 1.165) is 24.8 Å². The quantitative estimate of drug-likeness (QED) is 0.501. The second-order valence-electron chi connectivity index (χ2n) is 2.83. The number of hydrogen-bond acceptors (Lipinski definition) is 2. The zero-order chi connectivity index (χ0) is 8.81. The van der Waals surface area contributed by atoms with Crippen LogP contribution in [-0.4, -0.2) is 11.3 Å². The molecule has 2 heteroatoms. The van der Waals surface area contributed by atoms with Crippen LogP contribution in [0.3, 0.4) is 0 Å². The van der Waals surface area contributed by atoms with Crippen molar-refractivity contribution in [2.45, 2.75) is 26.2 Å². The summed E-state index contributed by atoms with van der Waals surface area (Å²) in [7, 11) is 0. The minimum Gasteiger partial charge on any atom is -0.303 e. The molecule has 0 aliphatic heterocycles. The summed E-state index contributed by atoms with van der Waals surface area (Å²) in [5.41, 5.74) is 2.32. The van der Waals surface area contributed by atoms with Gasteiger partial charge in [0.05, 0.1) is 0 Å². The van der Waals surface area contributed by atoms with Crippen LogP contribution in [0.25, 0.3) is 0 Å². The number of rotatable bonds is 4. The second-order valence-corrected chi connectivity index (χ2v) is 2.83. The number of pyridine rings is 1. The van der Waals surface area contributed by atoms with E-state index in [0.29, 0.717) is 6.42 Å². The molecule has 0 aromatic carbocycles. The fraction of sp³-hybridized carbons (Fsp3) is 0.400. The maximum atomic E-state index is 10.1. The van der Waals surface area contributed by atoms with Crippen LogP contribution in [0.4, 0.5) is 0 Å². The first-order valence-corrected chi connectivity index (χ1v) is 4.18. The lowest BCUT2D eigenvalue weighted by Gasteiger charge is -2.01. The van der Waals surface area contributed by atoms with Gasteiger partial charge in [0.1, 0.15) is 6.29 Å². The van der Waals surface area contributed by atoms with Gasteiger partial charge < -0.3 is 4.79 Å². The summed E-state index contributed by atoms with van der Waals surface area (Å²) in [5, 5.41) is 0. The van der Waals surface area contributed by atoms with Crippen molar-refractivity contribution in [1.29, 1.82) is 0 Å². The van der Waals surface area contributed by atoms with E-state index in [2.05, 4.69) is 4.98 Å². The molecule has 0 N–H and O–H groups in total. The third-order valence-electron chi connectivity index (χ3n) is 1.85. The van der Waals surface area contributed by atoms with Crippen molar-refractivity contribution >= 4 is 6.29 Å². The smallest absolute Gasteiger partial charge is 0.120 e. The zero-order valence-corrected chi connectivity index (χ0v) is 7.29. The summed E-state index contributed by atoms with van der Waals surface area (Å²) in [6.07, 6.45) is 5.20. The van der Waals surface area contributed by atoms with Gasteiger partial charge in [0.25, 0.3) is 0 Å². The third kappa shape index (κ3) is 2.46. The Hall–Kier alpha value is -1.18. The summed E-state index contributed by atoms with van der Waals surface area (Å²) in [6, 6.07) is 3.97. The van der Waals surface area contributed by atoms with E-state index >= 15 is 0 Å². The molecule has 0 unspecified atom stereocenters. The van der Waals surface area contributed by atoms with E-state index in [4.69, 9.17) is 0 Å². The minimum atomic E-state index is 0.635. The predicted molar refractivity (Wildman–Crippen MR) is 48.0 cm³/mol. The zero-order valence-electron chi connectivity index (χ0n) is 7.29. The molecule has 1 aromatic heterocycles. The van der Waals surface area contributed by atoms with Gasteiger partial charge in [-0.15, -0.1) is 0 Å². The van der Waals surface area contributed by atoms with Gasteiger partial charge >= 0.3 is 0 Å². The normalized spacial score (nSPS) is 9.75. The number of carbonyl (C=O) groups excluding carboxylic acids is 1. The van der Waals surface area contributed by atoms with E-state index in [-0.39, 0.29) is 0 Å². The van der Waals surface area contributed by atoms with Crippen molar-refractivity contribution in [1.82, 2.24) is 4.98 Å². The molecular formula is C10H13NO. The first kappa shape index (κ1) is 8.91. The standard InChI is InChI=1S/C10H13NO/c1-9-5-4-7-11-10(9)6-2-3-8-12/h4-5,7-8H,2-3,6H2,1H3. The first-order valence-electron chi connectivity index (χ1n) is 4.18. The molecule has 12 heavy (non-hydrogen) atoms. The van der Waals surface area contributed by atoms with Gasteiger partial charge in [-0.2, -0.15) is 0 Å². The fourth-order valence-electron chi connectivity index (χ4n) is 1.13. The molecule has 0 fully saturated rings. The minimum absolute atomic E-state index is 0.635. The molecule has 1 heterocycles. The number of unbranched alkanes of at least 4 members (excludes halogenated alkanes) is 1. The van der Waals surface area contributed by atoms with Gasteiger partial charge in [0, 0.05) is 18.3 Å². The Morgan fingerprint density at radius 2 is 2.42 bits per heavy atom. The van der Waals surface area contributed by atoms with Gasteiger partial charge in [-0.05, 0) is 31.4 Å². The Kier molecular flexibility index (Phi) is 3.45. The lowest BCUT2D eigenvalue weighted by Crippen LogP contribution is -1.93. The Labute approximate surface area is 72.6 Å². The Morgan fingerprint density at radius 1 is 1.58 bits per heavy atom. The molecule has 0 saturated heterocycles. The molecule has 0 aliphatic carbocycles.